The van der Waals surface area contributed by atoms with Gasteiger partial charge in [0, 0.05) is 17.0 Å². The lowest BCUT2D eigenvalue weighted by atomic mass is 10.2. The molecule has 2 N–H and O–H groups in total. The van der Waals surface area contributed by atoms with E-state index >= 15 is 0 Å². The molecule has 0 unspecified atom stereocenters. The molecule has 1 aliphatic rings. The number of nitrogens with one attached hydrogen (secondary N) is 2. The smallest absolute Gasteiger partial charge is 0.275 e. The number of rotatable bonds is 7. The molecule has 4 rings (SSSR count). The summed E-state index contributed by atoms with van der Waals surface area (Å²) in [5, 5.41) is 10.6. The molecule has 0 saturated heterocycles. The summed E-state index contributed by atoms with van der Waals surface area (Å²) in [5.74, 6) is 0.333. The number of anilines is 1. The monoisotopic (exact) mass is 413 g/mol. The number of aromatic nitrogens is 1. The van der Waals surface area contributed by atoms with Gasteiger partial charge in [0.05, 0.1) is 12.2 Å². The Bertz CT molecular complexity index is 990. The molecule has 3 aromatic rings. The molecule has 1 aliphatic carbocycles. The minimum Gasteiger partial charge on any atom is -0.494 e. The zero-order valence-electron chi connectivity index (χ0n) is 15.2. The molecule has 144 valence electrons. The molecule has 8 heteroatoms. The minimum atomic E-state index is -0.323. The summed E-state index contributed by atoms with van der Waals surface area (Å²) in [7, 11) is 0. The van der Waals surface area contributed by atoms with E-state index in [-0.39, 0.29) is 17.9 Å². The molecule has 0 atom stereocenters. The topological polar surface area (TPSA) is 80.3 Å². The van der Waals surface area contributed by atoms with Crippen LogP contribution in [0.3, 0.4) is 0 Å². The largest absolute Gasteiger partial charge is 0.494 e. The van der Waals surface area contributed by atoms with Crippen LogP contribution >= 0.6 is 22.7 Å². The Labute approximate surface area is 170 Å². The summed E-state index contributed by atoms with van der Waals surface area (Å²) in [6.07, 6.45) is 2.04. The fourth-order valence-corrected chi connectivity index (χ4v) is 4.20. The van der Waals surface area contributed by atoms with E-state index in [1.165, 1.54) is 22.7 Å². The number of ether oxygens (including phenoxy) is 1. The zero-order chi connectivity index (χ0) is 19.5. The molecule has 28 heavy (non-hydrogen) atoms. The molecular weight excluding hydrogens is 394 g/mol. The summed E-state index contributed by atoms with van der Waals surface area (Å²) in [6.45, 7) is 2.55. The molecule has 1 saturated carbocycles. The van der Waals surface area contributed by atoms with Gasteiger partial charge in [-0.3, -0.25) is 9.59 Å². The van der Waals surface area contributed by atoms with Crippen LogP contribution in [-0.4, -0.2) is 29.4 Å². The van der Waals surface area contributed by atoms with Gasteiger partial charge in [-0.25, -0.2) is 4.98 Å². The molecule has 1 fully saturated rings. The quantitative estimate of drug-likeness (QED) is 0.601. The highest BCUT2D eigenvalue weighted by Gasteiger charge is 2.26. The first kappa shape index (κ1) is 18.6. The number of thiazole rings is 1. The van der Waals surface area contributed by atoms with Crippen LogP contribution in [0, 0.1) is 0 Å². The molecule has 0 aliphatic heterocycles. The second-order valence-corrected chi connectivity index (χ2v) is 8.13. The summed E-state index contributed by atoms with van der Waals surface area (Å²) < 4.78 is 5.44. The van der Waals surface area contributed by atoms with E-state index in [9.17, 15) is 9.59 Å². The number of hydrogen-bond acceptors (Lipinski definition) is 6. The third-order valence-corrected chi connectivity index (χ3v) is 5.92. The number of nitrogens with zero attached hydrogens (tertiary/aromatic N) is 1. The number of amides is 2. The molecule has 2 aromatic heterocycles. The predicted octanol–water partition coefficient (Wildman–Crippen LogP) is 4.41. The molecule has 2 amide bonds. The third-order valence-electron chi connectivity index (χ3n) is 4.20. The standard InChI is InChI=1S/C20H19N3O3S2/c1-2-26-14-7-3-12(4-8-14)19-22-16(11-28-19)18(25)23-20-15(9-10-27-20)17(24)21-13-5-6-13/h3-4,7-11,13H,2,5-6H2,1H3,(H,21,24)(H,23,25). The summed E-state index contributed by atoms with van der Waals surface area (Å²) in [6, 6.07) is 9.61. The van der Waals surface area contributed by atoms with Gasteiger partial charge in [-0.2, -0.15) is 0 Å². The van der Waals surface area contributed by atoms with E-state index in [2.05, 4.69) is 15.6 Å². The second kappa shape index (κ2) is 8.12. The Hall–Kier alpha value is -2.71. The second-order valence-electron chi connectivity index (χ2n) is 6.36. The molecule has 6 nitrogen and oxygen atoms in total. The van der Waals surface area contributed by atoms with E-state index < -0.39 is 0 Å². The van der Waals surface area contributed by atoms with Gasteiger partial charge in [0.25, 0.3) is 11.8 Å². The van der Waals surface area contributed by atoms with Gasteiger partial charge in [-0.15, -0.1) is 22.7 Å². The van der Waals surface area contributed by atoms with Gasteiger partial charge >= 0.3 is 0 Å². The SMILES string of the molecule is CCOc1ccc(-c2nc(C(=O)Nc3sccc3C(=O)NC3CC3)cs2)cc1. The maximum Gasteiger partial charge on any atom is 0.275 e. The highest BCUT2D eigenvalue weighted by Crippen LogP contribution is 2.28. The zero-order valence-corrected chi connectivity index (χ0v) is 16.9. The Morgan fingerprint density at radius 3 is 2.64 bits per heavy atom. The fraction of sp³-hybridized carbons (Fsp3) is 0.250. The van der Waals surface area contributed by atoms with Crippen molar-refractivity contribution in [3.05, 3.63) is 52.3 Å². The van der Waals surface area contributed by atoms with Gasteiger partial charge in [0.1, 0.15) is 21.5 Å². The van der Waals surface area contributed by atoms with Crippen LogP contribution in [0.5, 0.6) is 5.75 Å². The Balaban J connectivity index is 1.45. The first-order chi connectivity index (χ1) is 13.6. The van der Waals surface area contributed by atoms with E-state index in [0.29, 0.717) is 22.9 Å². The van der Waals surface area contributed by atoms with Gasteiger partial charge < -0.3 is 15.4 Å². The number of thiophene rings is 1. The van der Waals surface area contributed by atoms with Crippen LogP contribution < -0.4 is 15.4 Å². The highest BCUT2D eigenvalue weighted by molar-refractivity contribution is 7.15. The first-order valence-corrected chi connectivity index (χ1v) is 10.8. The van der Waals surface area contributed by atoms with Crippen LogP contribution in [0.4, 0.5) is 5.00 Å². The van der Waals surface area contributed by atoms with Crippen molar-refractivity contribution in [3.8, 4) is 16.3 Å². The minimum absolute atomic E-state index is 0.146. The van der Waals surface area contributed by atoms with Crippen LogP contribution in [0.2, 0.25) is 0 Å². The molecule has 2 heterocycles. The summed E-state index contributed by atoms with van der Waals surface area (Å²) in [5.41, 5.74) is 1.75. The molecule has 0 spiro atoms. The number of hydrogen-bond donors (Lipinski definition) is 2. The molecule has 0 bridgehead atoms. The maximum atomic E-state index is 12.6. The van der Waals surface area contributed by atoms with Crippen molar-refractivity contribution in [1.82, 2.24) is 10.3 Å². The molecule has 0 radical (unpaired) electrons. The van der Waals surface area contributed by atoms with Crippen LogP contribution in [-0.2, 0) is 0 Å². The predicted molar refractivity (Wildman–Crippen MR) is 111 cm³/mol. The lowest BCUT2D eigenvalue weighted by Crippen LogP contribution is -2.26. The van der Waals surface area contributed by atoms with Crippen molar-refractivity contribution >= 4 is 39.5 Å². The van der Waals surface area contributed by atoms with Crippen LogP contribution in [0.25, 0.3) is 10.6 Å². The van der Waals surface area contributed by atoms with Crippen molar-refractivity contribution in [2.45, 2.75) is 25.8 Å². The van der Waals surface area contributed by atoms with E-state index in [0.717, 1.165) is 29.2 Å². The van der Waals surface area contributed by atoms with Gasteiger partial charge in [-0.05, 0) is 55.5 Å². The van der Waals surface area contributed by atoms with Gasteiger partial charge in [0.2, 0.25) is 0 Å². The normalized spacial score (nSPS) is 13.2. The lowest BCUT2D eigenvalue weighted by Gasteiger charge is -2.06. The van der Waals surface area contributed by atoms with Crippen molar-refractivity contribution in [1.29, 1.82) is 0 Å². The molecule has 1 aromatic carbocycles. The highest BCUT2D eigenvalue weighted by atomic mass is 32.1. The number of carbonyl (C=O) groups excluding carboxylic acids is 2. The van der Waals surface area contributed by atoms with Crippen molar-refractivity contribution in [2.75, 3.05) is 11.9 Å². The number of carbonyl (C=O) groups is 2. The van der Waals surface area contributed by atoms with Crippen LogP contribution in [0.1, 0.15) is 40.6 Å². The lowest BCUT2D eigenvalue weighted by molar-refractivity contribution is 0.0952. The Morgan fingerprint density at radius 1 is 1.14 bits per heavy atom. The fourth-order valence-electron chi connectivity index (χ4n) is 2.61. The van der Waals surface area contributed by atoms with Crippen LogP contribution in [0.15, 0.2) is 41.1 Å². The third kappa shape index (κ3) is 4.23. The Morgan fingerprint density at radius 2 is 1.93 bits per heavy atom. The maximum absolute atomic E-state index is 12.6. The van der Waals surface area contributed by atoms with E-state index in [4.69, 9.17) is 4.74 Å². The van der Waals surface area contributed by atoms with Crippen molar-refractivity contribution in [3.63, 3.8) is 0 Å². The van der Waals surface area contributed by atoms with Crippen molar-refractivity contribution in [2.24, 2.45) is 0 Å². The van der Waals surface area contributed by atoms with E-state index in [1.54, 1.807) is 16.8 Å². The Kier molecular flexibility index (Phi) is 5.40. The summed E-state index contributed by atoms with van der Waals surface area (Å²) in [4.78, 5) is 29.3. The first-order valence-electron chi connectivity index (χ1n) is 9.02. The summed E-state index contributed by atoms with van der Waals surface area (Å²) >= 11 is 2.73. The number of benzene rings is 1. The molecular formula is C20H19N3O3S2. The average Bonchev–Trinajstić information content (AvgIpc) is 3.19. The van der Waals surface area contributed by atoms with Gasteiger partial charge in [0.15, 0.2) is 0 Å². The van der Waals surface area contributed by atoms with E-state index in [1.807, 2.05) is 31.2 Å². The average molecular weight is 414 g/mol. The van der Waals surface area contributed by atoms with Crippen molar-refractivity contribution < 1.29 is 14.3 Å². The van der Waals surface area contributed by atoms with Gasteiger partial charge in [-0.1, -0.05) is 0 Å².